The normalized spacial score (nSPS) is 15.8. The molecule has 1 aromatic carbocycles. The highest BCUT2D eigenvalue weighted by Crippen LogP contribution is 2.33. The highest BCUT2D eigenvalue weighted by molar-refractivity contribution is 5.74. The Morgan fingerprint density at radius 3 is 2.48 bits per heavy atom. The van der Waals surface area contributed by atoms with Gasteiger partial charge in [0.1, 0.15) is 17.2 Å². The molecule has 0 aliphatic carbocycles. The quantitative estimate of drug-likeness (QED) is 0.829. The van der Waals surface area contributed by atoms with E-state index in [0.29, 0.717) is 36.0 Å². The van der Waals surface area contributed by atoms with Crippen molar-refractivity contribution in [3.63, 3.8) is 0 Å². The van der Waals surface area contributed by atoms with Gasteiger partial charge in [-0.25, -0.2) is 9.78 Å². The van der Waals surface area contributed by atoms with Gasteiger partial charge in [0.25, 0.3) is 0 Å². The standard InChI is InChI=1S/C17H20N6O2/c1-17(2)9-23(10-17)16(24)25-13-6-4-3-5-11(13)21-22-12-7-8-14(18)20-15(12)19/h3-8H,9-10H2,1-2H3,(H4,18,19,20). The van der Waals surface area contributed by atoms with Crippen LogP contribution in [-0.2, 0) is 0 Å². The van der Waals surface area contributed by atoms with E-state index in [-0.39, 0.29) is 11.2 Å². The Kier molecular flexibility index (Phi) is 4.26. The molecule has 1 fully saturated rings. The molecule has 25 heavy (non-hydrogen) atoms. The molecule has 8 heteroatoms. The van der Waals surface area contributed by atoms with Crippen molar-refractivity contribution >= 4 is 29.1 Å². The fourth-order valence-corrected chi connectivity index (χ4v) is 2.58. The summed E-state index contributed by atoms with van der Waals surface area (Å²) < 4.78 is 5.45. The summed E-state index contributed by atoms with van der Waals surface area (Å²) in [4.78, 5) is 17.8. The van der Waals surface area contributed by atoms with Gasteiger partial charge in [0, 0.05) is 18.5 Å². The van der Waals surface area contributed by atoms with Crippen LogP contribution in [0.4, 0.5) is 27.8 Å². The number of carbonyl (C=O) groups is 1. The average Bonchev–Trinajstić information content (AvgIpc) is 2.53. The largest absolute Gasteiger partial charge is 0.415 e. The number of nitrogens with two attached hydrogens (primary N) is 2. The second-order valence-corrected chi connectivity index (χ2v) is 6.70. The van der Waals surface area contributed by atoms with Gasteiger partial charge in [0.15, 0.2) is 11.6 Å². The molecule has 0 atom stereocenters. The van der Waals surface area contributed by atoms with Crippen LogP contribution in [0.25, 0.3) is 0 Å². The minimum Gasteiger partial charge on any atom is -0.408 e. The molecule has 1 aliphatic heterocycles. The molecular formula is C17H20N6O2. The number of carbonyl (C=O) groups excluding carboxylic acids is 1. The lowest BCUT2D eigenvalue weighted by Crippen LogP contribution is -2.56. The minimum atomic E-state index is -0.393. The SMILES string of the molecule is CC1(C)CN(C(=O)Oc2ccccc2N=Nc2ccc(N)nc2N)C1. The number of amides is 1. The lowest BCUT2D eigenvalue weighted by atomic mass is 9.85. The Balaban J connectivity index is 1.75. The summed E-state index contributed by atoms with van der Waals surface area (Å²) in [5.74, 6) is 0.826. The third-order valence-corrected chi connectivity index (χ3v) is 3.75. The van der Waals surface area contributed by atoms with Crippen LogP contribution < -0.4 is 16.2 Å². The van der Waals surface area contributed by atoms with Crippen molar-refractivity contribution in [2.75, 3.05) is 24.6 Å². The first-order valence-electron chi connectivity index (χ1n) is 7.84. The first-order valence-corrected chi connectivity index (χ1v) is 7.84. The van der Waals surface area contributed by atoms with Crippen molar-refractivity contribution in [3.05, 3.63) is 36.4 Å². The number of azo groups is 1. The van der Waals surface area contributed by atoms with Crippen LogP contribution in [0.15, 0.2) is 46.6 Å². The summed E-state index contributed by atoms with van der Waals surface area (Å²) in [5.41, 5.74) is 12.3. The third kappa shape index (κ3) is 3.85. The van der Waals surface area contributed by atoms with Crippen LogP contribution in [0.1, 0.15) is 13.8 Å². The Bertz CT molecular complexity index is 826. The van der Waals surface area contributed by atoms with Crippen molar-refractivity contribution < 1.29 is 9.53 Å². The molecule has 1 amide bonds. The summed E-state index contributed by atoms with van der Waals surface area (Å²) in [6, 6.07) is 10.1. The number of aromatic nitrogens is 1. The molecule has 2 aromatic rings. The summed E-state index contributed by atoms with van der Waals surface area (Å²) in [6.07, 6.45) is -0.393. The van der Waals surface area contributed by atoms with Gasteiger partial charge in [-0.1, -0.05) is 26.0 Å². The van der Waals surface area contributed by atoms with Crippen LogP contribution in [0, 0.1) is 5.41 Å². The smallest absolute Gasteiger partial charge is 0.408 e. The minimum absolute atomic E-state index is 0.137. The number of rotatable bonds is 3. The number of nitrogens with zero attached hydrogens (tertiary/aromatic N) is 4. The molecule has 2 heterocycles. The number of anilines is 2. The first kappa shape index (κ1) is 16.7. The number of nitrogen functional groups attached to an aromatic ring is 2. The van der Waals surface area contributed by atoms with Gasteiger partial charge < -0.3 is 21.1 Å². The summed E-state index contributed by atoms with van der Waals surface area (Å²) in [7, 11) is 0. The lowest BCUT2D eigenvalue weighted by molar-refractivity contribution is 0.0395. The van der Waals surface area contributed by atoms with E-state index in [0.717, 1.165) is 0 Å². The Labute approximate surface area is 145 Å². The zero-order valence-electron chi connectivity index (χ0n) is 14.1. The van der Waals surface area contributed by atoms with Crippen molar-refractivity contribution in [3.8, 4) is 5.75 Å². The van der Waals surface area contributed by atoms with Gasteiger partial charge >= 0.3 is 6.09 Å². The van der Waals surface area contributed by atoms with Crippen molar-refractivity contribution in [1.82, 2.24) is 9.88 Å². The van der Waals surface area contributed by atoms with Crippen molar-refractivity contribution in [1.29, 1.82) is 0 Å². The maximum Gasteiger partial charge on any atom is 0.415 e. The van der Waals surface area contributed by atoms with Crippen LogP contribution in [0.2, 0.25) is 0 Å². The number of hydrogen-bond donors (Lipinski definition) is 2. The zero-order chi connectivity index (χ0) is 18.0. The predicted octanol–water partition coefficient (Wildman–Crippen LogP) is 3.50. The second-order valence-electron chi connectivity index (χ2n) is 6.70. The first-order chi connectivity index (χ1) is 11.8. The van der Waals surface area contributed by atoms with Gasteiger partial charge in [-0.2, -0.15) is 0 Å². The molecule has 1 saturated heterocycles. The molecule has 0 unspecified atom stereocenters. The Hall–Kier alpha value is -3.16. The van der Waals surface area contributed by atoms with Crippen molar-refractivity contribution in [2.45, 2.75) is 13.8 Å². The number of pyridine rings is 1. The highest BCUT2D eigenvalue weighted by atomic mass is 16.6. The maximum atomic E-state index is 12.2. The molecule has 0 spiro atoms. The van der Waals surface area contributed by atoms with E-state index in [2.05, 4.69) is 29.1 Å². The lowest BCUT2D eigenvalue weighted by Gasteiger charge is -2.44. The molecule has 8 nitrogen and oxygen atoms in total. The average molecular weight is 340 g/mol. The number of para-hydroxylation sites is 1. The topological polar surface area (TPSA) is 119 Å². The van der Waals surface area contributed by atoms with Crippen molar-refractivity contribution in [2.24, 2.45) is 15.6 Å². The van der Waals surface area contributed by atoms with E-state index in [4.69, 9.17) is 16.2 Å². The van der Waals surface area contributed by atoms with Crippen LogP contribution in [-0.4, -0.2) is 29.1 Å². The van der Waals surface area contributed by atoms with Gasteiger partial charge in [-0.05, 0) is 24.3 Å². The van der Waals surface area contributed by atoms with E-state index in [9.17, 15) is 4.79 Å². The van der Waals surface area contributed by atoms with Gasteiger partial charge in [-0.15, -0.1) is 10.2 Å². The fraction of sp³-hybridized carbons (Fsp3) is 0.294. The van der Waals surface area contributed by atoms with Gasteiger partial charge in [0.05, 0.1) is 0 Å². The molecule has 1 aliphatic rings. The van der Waals surface area contributed by atoms with Crippen LogP contribution in [0.3, 0.4) is 0 Å². The molecule has 0 radical (unpaired) electrons. The van der Waals surface area contributed by atoms with E-state index >= 15 is 0 Å². The van der Waals surface area contributed by atoms with E-state index in [1.54, 1.807) is 41.3 Å². The number of likely N-dealkylation sites (tertiary alicyclic amines) is 1. The summed E-state index contributed by atoms with van der Waals surface area (Å²) in [6.45, 7) is 5.54. The number of hydrogen-bond acceptors (Lipinski definition) is 7. The monoisotopic (exact) mass is 340 g/mol. The molecule has 3 rings (SSSR count). The third-order valence-electron chi connectivity index (χ3n) is 3.75. The van der Waals surface area contributed by atoms with Crippen LogP contribution >= 0.6 is 0 Å². The molecule has 0 bridgehead atoms. The number of benzene rings is 1. The van der Waals surface area contributed by atoms with Gasteiger partial charge in [0.2, 0.25) is 0 Å². The van der Waals surface area contributed by atoms with Gasteiger partial charge in [-0.3, -0.25) is 0 Å². The Morgan fingerprint density at radius 2 is 1.80 bits per heavy atom. The second kappa shape index (κ2) is 6.39. The summed E-state index contributed by atoms with van der Waals surface area (Å²) in [5, 5.41) is 8.18. The predicted molar refractivity (Wildman–Crippen MR) is 95.1 cm³/mol. The molecule has 0 saturated carbocycles. The zero-order valence-corrected chi connectivity index (χ0v) is 14.1. The fourth-order valence-electron chi connectivity index (χ4n) is 2.58. The molecule has 1 aromatic heterocycles. The van der Waals surface area contributed by atoms with Crippen LogP contribution in [0.5, 0.6) is 5.75 Å². The van der Waals surface area contributed by atoms with E-state index in [1.165, 1.54) is 0 Å². The van der Waals surface area contributed by atoms with E-state index < -0.39 is 6.09 Å². The molecule has 130 valence electrons. The van der Waals surface area contributed by atoms with E-state index in [1.807, 2.05) is 0 Å². The molecule has 4 N–H and O–H groups in total. The Morgan fingerprint density at radius 1 is 1.12 bits per heavy atom. The highest BCUT2D eigenvalue weighted by Gasteiger charge is 2.38. The maximum absolute atomic E-state index is 12.2. The molecular weight excluding hydrogens is 320 g/mol. The summed E-state index contributed by atoms with van der Waals surface area (Å²) >= 11 is 0. The number of ether oxygens (including phenoxy) is 1.